The van der Waals surface area contributed by atoms with Crippen molar-refractivity contribution in [2.75, 3.05) is 13.2 Å². The van der Waals surface area contributed by atoms with Gasteiger partial charge in [0.15, 0.2) is 0 Å². The van der Waals surface area contributed by atoms with Crippen LogP contribution in [0, 0.1) is 6.92 Å². The second-order valence-corrected chi connectivity index (χ2v) is 8.39. The van der Waals surface area contributed by atoms with Gasteiger partial charge >= 0.3 is 0 Å². The molecule has 0 radical (unpaired) electrons. The lowest BCUT2D eigenvalue weighted by atomic mass is 9.91. The first-order valence-corrected chi connectivity index (χ1v) is 10.9. The standard InChI is InChI=1S/C25H32O4/c1-3-22-14-21(26)15-25(29-22)19-7-4-17(2)20(13-19)12-18-5-8-23(9-6-18)28-24-10-11-27-16-24/h4-9,13,21-22,24-26H,3,10-12,14-16H2,1-2H3/t21-,22+,24-,25+/m0/s1. The number of aryl methyl sites for hydroxylation is 1. The number of hydrogen-bond acceptors (Lipinski definition) is 4. The Kier molecular flexibility index (Phi) is 6.53. The minimum atomic E-state index is -0.277. The van der Waals surface area contributed by atoms with Gasteiger partial charge in [-0.1, -0.05) is 37.3 Å². The molecule has 1 N–H and O–H groups in total. The van der Waals surface area contributed by atoms with Crippen LogP contribution < -0.4 is 4.74 Å². The molecule has 2 aliphatic rings. The van der Waals surface area contributed by atoms with Gasteiger partial charge in [-0.3, -0.25) is 0 Å². The van der Waals surface area contributed by atoms with Gasteiger partial charge in [0.1, 0.15) is 11.9 Å². The predicted molar refractivity (Wildman–Crippen MR) is 113 cm³/mol. The Hall–Kier alpha value is -1.88. The van der Waals surface area contributed by atoms with Crippen molar-refractivity contribution in [1.82, 2.24) is 0 Å². The molecular formula is C25H32O4. The quantitative estimate of drug-likeness (QED) is 0.766. The van der Waals surface area contributed by atoms with E-state index in [-0.39, 0.29) is 24.4 Å². The molecule has 2 fully saturated rings. The molecule has 2 aromatic carbocycles. The SMILES string of the molecule is CC[C@@H]1C[C@H](O)C[C@H](c2ccc(C)c(Cc3ccc(O[C@H]4CCOC4)cc3)c2)O1. The summed E-state index contributed by atoms with van der Waals surface area (Å²) in [6, 6.07) is 15.0. The fraction of sp³-hybridized carbons (Fsp3) is 0.520. The van der Waals surface area contributed by atoms with Gasteiger partial charge in [0.25, 0.3) is 0 Å². The predicted octanol–water partition coefficient (Wildman–Crippen LogP) is 4.74. The lowest BCUT2D eigenvalue weighted by Gasteiger charge is -2.33. The smallest absolute Gasteiger partial charge is 0.124 e. The summed E-state index contributed by atoms with van der Waals surface area (Å²) in [4.78, 5) is 0. The fourth-order valence-corrected chi connectivity index (χ4v) is 4.25. The first-order chi connectivity index (χ1) is 14.1. The van der Waals surface area contributed by atoms with Crippen molar-refractivity contribution in [2.24, 2.45) is 0 Å². The Morgan fingerprint density at radius 2 is 1.93 bits per heavy atom. The van der Waals surface area contributed by atoms with E-state index in [0.29, 0.717) is 13.0 Å². The molecule has 0 amide bonds. The fourth-order valence-electron chi connectivity index (χ4n) is 4.25. The van der Waals surface area contributed by atoms with Crippen molar-refractivity contribution in [2.45, 2.75) is 70.4 Å². The molecule has 4 rings (SSSR count). The molecule has 0 saturated carbocycles. The number of ether oxygens (including phenoxy) is 3. The molecule has 2 aliphatic heterocycles. The lowest BCUT2D eigenvalue weighted by molar-refractivity contribution is -0.0983. The van der Waals surface area contributed by atoms with Crippen LogP contribution in [0.15, 0.2) is 42.5 Å². The van der Waals surface area contributed by atoms with Crippen LogP contribution in [0.2, 0.25) is 0 Å². The van der Waals surface area contributed by atoms with E-state index in [1.165, 1.54) is 22.3 Å². The van der Waals surface area contributed by atoms with Gasteiger partial charge in [0.2, 0.25) is 0 Å². The van der Waals surface area contributed by atoms with Crippen molar-refractivity contribution in [1.29, 1.82) is 0 Å². The summed E-state index contributed by atoms with van der Waals surface area (Å²) >= 11 is 0. The number of aliphatic hydroxyl groups is 1. The van der Waals surface area contributed by atoms with Crippen LogP contribution in [0.25, 0.3) is 0 Å². The summed E-state index contributed by atoms with van der Waals surface area (Å²) in [5, 5.41) is 10.2. The van der Waals surface area contributed by atoms with Crippen LogP contribution in [0.4, 0.5) is 0 Å². The molecular weight excluding hydrogens is 364 g/mol. The zero-order valence-corrected chi connectivity index (χ0v) is 17.5. The van der Waals surface area contributed by atoms with Gasteiger partial charge in [0, 0.05) is 12.8 Å². The number of rotatable bonds is 6. The van der Waals surface area contributed by atoms with Crippen LogP contribution in [0.3, 0.4) is 0 Å². The van der Waals surface area contributed by atoms with Gasteiger partial charge in [-0.15, -0.1) is 0 Å². The lowest BCUT2D eigenvalue weighted by Crippen LogP contribution is -2.30. The zero-order chi connectivity index (χ0) is 20.2. The van der Waals surface area contributed by atoms with Gasteiger partial charge in [-0.05, 0) is 60.6 Å². The van der Waals surface area contributed by atoms with E-state index >= 15 is 0 Å². The van der Waals surface area contributed by atoms with Crippen LogP contribution in [0.5, 0.6) is 5.75 Å². The zero-order valence-electron chi connectivity index (χ0n) is 17.5. The summed E-state index contributed by atoms with van der Waals surface area (Å²) in [6.45, 7) is 5.75. The van der Waals surface area contributed by atoms with Gasteiger partial charge in [-0.2, -0.15) is 0 Å². The third-order valence-electron chi connectivity index (χ3n) is 6.09. The summed E-state index contributed by atoms with van der Waals surface area (Å²) in [6.07, 6.45) is 4.22. The van der Waals surface area contributed by atoms with Crippen molar-refractivity contribution in [3.63, 3.8) is 0 Å². The Morgan fingerprint density at radius 3 is 2.66 bits per heavy atom. The van der Waals surface area contributed by atoms with Crippen LogP contribution in [0.1, 0.15) is 61.0 Å². The highest BCUT2D eigenvalue weighted by atomic mass is 16.5. The Balaban J connectivity index is 1.45. The van der Waals surface area contributed by atoms with E-state index < -0.39 is 0 Å². The van der Waals surface area contributed by atoms with E-state index in [1.54, 1.807) is 0 Å². The van der Waals surface area contributed by atoms with Crippen molar-refractivity contribution in [3.8, 4) is 5.75 Å². The van der Waals surface area contributed by atoms with E-state index in [9.17, 15) is 5.11 Å². The van der Waals surface area contributed by atoms with Crippen LogP contribution in [-0.2, 0) is 15.9 Å². The summed E-state index contributed by atoms with van der Waals surface area (Å²) in [7, 11) is 0. The molecule has 2 aromatic rings. The van der Waals surface area contributed by atoms with Gasteiger partial charge in [0.05, 0.1) is 31.5 Å². The first kappa shape index (κ1) is 20.4. The summed E-state index contributed by atoms with van der Waals surface area (Å²) < 4.78 is 17.6. The maximum absolute atomic E-state index is 10.2. The average Bonchev–Trinajstić information content (AvgIpc) is 3.23. The van der Waals surface area contributed by atoms with E-state index in [1.807, 2.05) is 0 Å². The molecule has 0 aliphatic carbocycles. The number of aliphatic hydroxyl groups excluding tert-OH is 1. The number of hydrogen-bond donors (Lipinski definition) is 1. The van der Waals surface area contributed by atoms with Crippen molar-refractivity contribution in [3.05, 3.63) is 64.7 Å². The Bertz CT molecular complexity index is 795. The summed E-state index contributed by atoms with van der Waals surface area (Å²) in [5.74, 6) is 0.907. The van der Waals surface area contributed by atoms with E-state index in [0.717, 1.165) is 38.0 Å². The second kappa shape index (κ2) is 9.29. The number of benzene rings is 2. The van der Waals surface area contributed by atoms with Crippen molar-refractivity contribution < 1.29 is 19.3 Å². The van der Waals surface area contributed by atoms with Crippen molar-refractivity contribution >= 4 is 0 Å². The van der Waals surface area contributed by atoms with Crippen LogP contribution in [-0.4, -0.2) is 36.6 Å². The largest absolute Gasteiger partial charge is 0.488 e. The Labute approximate surface area is 173 Å². The third-order valence-corrected chi connectivity index (χ3v) is 6.09. The van der Waals surface area contributed by atoms with E-state index in [2.05, 4.69) is 56.3 Å². The second-order valence-electron chi connectivity index (χ2n) is 8.39. The molecule has 0 spiro atoms. The molecule has 29 heavy (non-hydrogen) atoms. The highest BCUT2D eigenvalue weighted by molar-refractivity contribution is 5.38. The summed E-state index contributed by atoms with van der Waals surface area (Å²) in [5.41, 5.74) is 5.01. The maximum Gasteiger partial charge on any atom is 0.124 e. The minimum Gasteiger partial charge on any atom is -0.488 e. The van der Waals surface area contributed by atoms with Gasteiger partial charge in [-0.25, -0.2) is 0 Å². The normalized spacial score (nSPS) is 27.1. The minimum absolute atomic E-state index is 0.0209. The highest BCUT2D eigenvalue weighted by Crippen LogP contribution is 2.34. The molecule has 4 heteroatoms. The monoisotopic (exact) mass is 396 g/mol. The molecule has 0 unspecified atom stereocenters. The topological polar surface area (TPSA) is 47.9 Å². The Morgan fingerprint density at radius 1 is 1.10 bits per heavy atom. The first-order valence-electron chi connectivity index (χ1n) is 10.9. The molecule has 156 valence electrons. The molecule has 4 atom stereocenters. The molecule has 2 heterocycles. The third kappa shape index (κ3) is 5.19. The molecule has 2 saturated heterocycles. The van der Waals surface area contributed by atoms with E-state index in [4.69, 9.17) is 14.2 Å². The molecule has 0 aromatic heterocycles. The average molecular weight is 397 g/mol. The molecule has 0 bridgehead atoms. The van der Waals surface area contributed by atoms with Gasteiger partial charge < -0.3 is 19.3 Å². The molecule has 4 nitrogen and oxygen atoms in total. The highest BCUT2D eigenvalue weighted by Gasteiger charge is 2.28. The maximum atomic E-state index is 10.2. The van der Waals surface area contributed by atoms with Crippen LogP contribution >= 0.6 is 0 Å².